The van der Waals surface area contributed by atoms with Crippen LogP contribution in [0.15, 0.2) is 23.3 Å². The highest BCUT2D eigenvalue weighted by molar-refractivity contribution is 5.34. The Kier molecular flexibility index (Phi) is 16.2. The molecule has 96 valence electrons. The molecule has 2 rings (SSSR count). The molecule has 0 atom stereocenters. The Hall–Kier alpha value is -0.520. The molecule has 1 fully saturated rings. The van der Waals surface area contributed by atoms with Crippen LogP contribution in [0.3, 0.4) is 0 Å². The van der Waals surface area contributed by atoms with Crippen LogP contribution in [0, 0.1) is 0 Å². The molecule has 0 heterocycles. The average molecular weight is 224 g/mol. The van der Waals surface area contributed by atoms with Gasteiger partial charge in [0.2, 0.25) is 0 Å². The second kappa shape index (κ2) is 14.5. The summed E-state index contributed by atoms with van der Waals surface area (Å²) in [5.41, 5.74) is 3.33. The van der Waals surface area contributed by atoms with Crippen LogP contribution in [0.1, 0.15) is 80.1 Å². The topological polar surface area (TPSA) is 0 Å². The van der Waals surface area contributed by atoms with Gasteiger partial charge >= 0.3 is 0 Å². The first-order valence-corrected chi connectivity index (χ1v) is 7.35. The number of fused-ring (bicyclic) bond motifs is 1. The van der Waals surface area contributed by atoms with E-state index in [1.807, 2.05) is 41.5 Å². The fourth-order valence-corrected chi connectivity index (χ4v) is 1.93. The van der Waals surface area contributed by atoms with Crippen LogP contribution in [-0.2, 0) is 0 Å². The van der Waals surface area contributed by atoms with E-state index < -0.39 is 0 Å². The Morgan fingerprint density at radius 2 is 0.938 bits per heavy atom. The van der Waals surface area contributed by atoms with Crippen molar-refractivity contribution in [3.05, 3.63) is 23.3 Å². The van der Waals surface area contributed by atoms with Gasteiger partial charge in [0, 0.05) is 0 Å². The van der Waals surface area contributed by atoms with E-state index in [9.17, 15) is 0 Å². The van der Waals surface area contributed by atoms with Crippen LogP contribution < -0.4 is 0 Å². The zero-order valence-corrected chi connectivity index (χ0v) is 12.4. The third-order valence-electron chi connectivity index (χ3n) is 2.50. The molecule has 16 heavy (non-hydrogen) atoms. The van der Waals surface area contributed by atoms with E-state index in [1.54, 1.807) is 11.1 Å². The summed E-state index contributed by atoms with van der Waals surface area (Å²) in [5.74, 6) is 0. The van der Waals surface area contributed by atoms with Gasteiger partial charge in [0.15, 0.2) is 0 Å². The summed E-state index contributed by atoms with van der Waals surface area (Å²) in [6.45, 7) is 12.0. The van der Waals surface area contributed by atoms with Crippen LogP contribution in [0.5, 0.6) is 0 Å². The summed E-state index contributed by atoms with van der Waals surface area (Å²) >= 11 is 0. The van der Waals surface area contributed by atoms with Crippen LogP contribution in [-0.4, -0.2) is 0 Å². The normalized spacial score (nSPS) is 16.6. The standard InChI is InChI=1S/C10H14.3C2H6/c1-2-6-10-8-4-3-7-9(10)5-1;3*1-2/h5-6H,1-4,7-8H2;3*1-2H3. The summed E-state index contributed by atoms with van der Waals surface area (Å²) in [6, 6.07) is 0. The summed E-state index contributed by atoms with van der Waals surface area (Å²) in [5, 5.41) is 0. The van der Waals surface area contributed by atoms with E-state index in [2.05, 4.69) is 12.2 Å². The van der Waals surface area contributed by atoms with Gasteiger partial charge in [0.05, 0.1) is 0 Å². The molecule has 0 radical (unpaired) electrons. The Labute approximate surface area is 104 Å². The number of hydrogen-bond donors (Lipinski definition) is 0. The lowest BCUT2D eigenvalue weighted by molar-refractivity contribution is 0.665. The molecule has 0 saturated heterocycles. The van der Waals surface area contributed by atoms with Crippen molar-refractivity contribution >= 4 is 0 Å². The molecule has 0 aromatic carbocycles. The highest BCUT2D eigenvalue weighted by atomic mass is 14.2. The smallest absolute Gasteiger partial charge is 0.0279 e. The van der Waals surface area contributed by atoms with Gasteiger partial charge in [0.25, 0.3) is 0 Å². The van der Waals surface area contributed by atoms with E-state index >= 15 is 0 Å². The second-order valence-electron chi connectivity index (χ2n) is 3.24. The number of hydrogen-bond acceptors (Lipinski definition) is 0. The molecule has 0 N–H and O–H groups in total. The third-order valence-corrected chi connectivity index (χ3v) is 2.50. The molecule has 0 aromatic heterocycles. The monoisotopic (exact) mass is 224 g/mol. The molecule has 0 spiro atoms. The van der Waals surface area contributed by atoms with E-state index in [4.69, 9.17) is 0 Å². The Bertz CT molecular complexity index is 162. The SMILES string of the molecule is C1=C2CCCCC2=CCC1.CC.CC.CC. The average Bonchev–Trinajstić information content (AvgIpc) is 2.45. The van der Waals surface area contributed by atoms with Crippen molar-refractivity contribution < 1.29 is 0 Å². The maximum atomic E-state index is 2.44. The molecule has 0 bridgehead atoms. The quantitative estimate of drug-likeness (QED) is 0.454. The highest BCUT2D eigenvalue weighted by Gasteiger charge is 2.12. The van der Waals surface area contributed by atoms with Gasteiger partial charge < -0.3 is 0 Å². The summed E-state index contributed by atoms with van der Waals surface area (Å²) in [4.78, 5) is 0. The van der Waals surface area contributed by atoms with Gasteiger partial charge in [-0.3, -0.25) is 0 Å². The van der Waals surface area contributed by atoms with E-state index in [0.29, 0.717) is 0 Å². The van der Waals surface area contributed by atoms with Crippen LogP contribution in [0.25, 0.3) is 0 Å². The Morgan fingerprint density at radius 1 is 0.625 bits per heavy atom. The fraction of sp³-hybridized carbons (Fsp3) is 0.750. The molecular formula is C16H32. The minimum absolute atomic E-state index is 1.29. The zero-order valence-electron chi connectivity index (χ0n) is 12.4. The summed E-state index contributed by atoms with van der Waals surface area (Å²) in [7, 11) is 0. The lowest BCUT2D eigenvalue weighted by Gasteiger charge is -2.20. The zero-order chi connectivity index (χ0) is 12.8. The maximum absolute atomic E-state index is 2.44. The predicted octanol–water partition coefficient (Wildman–Crippen LogP) is 6.29. The molecule has 2 aliphatic carbocycles. The Balaban J connectivity index is 0. The van der Waals surface area contributed by atoms with Crippen LogP contribution in [0.2, 0.25) is 0 Å². The summed E-state index contributed by atoms with van der Waals surface area (Å²) in [6.07, 6.45) is 13.0. The van der Waals surface area contributed by atoms with Gasteiger partial charge in [-0.1, -0.05) is 53.7 Å². The van der Waals surface area contributed by atoms with Crippen molar-refractivity contribution in [2.45, 2.75) is 80.1 Å². The fourth-order valence-electron chi connectivity index (χ4n) is 1.93. The van der Waals surface area contributed by atoms with Crippen LogP contribution >= 0.6 is 0 Å². The van der Waals surface area contributed by atoms with Crippen molar-refractivity contribution in [3.8, 4) is 0 Å². The molecule has 1 saturated carbocycles. The first kappa shape index (κ1) is 17.9. The van der Waals surface area contributed by atoms with Crippen LogP contribution in [0.4, 0.5) is 0 Å². The summed E-state index contributed by atoms with van der Waals surface area (Å²) < 4.78 is 0. The van der Waals surface area contributed by atoms with Crippen molar-refractivity contribution in [1.82, 2.24) is 0 Å². The number of allylic oxidation sites excluding steroid dienone is 4. The molecule has 0 aromatic rings. The second-order valence-corrected chi connectivity index (χ2v) is 3.24. The lowest BCUT2D eigenvalue weighted by atomic mass is 9.85. The minimum atomic E-state index is 1.29. The van der Waals surface area contributed by atoms with Gasteiger partial charge in [0.1, 0.15) is 0 Å². The largest absolute Gasteiger partial charge is 0.0807 e. The maximum Gasteiger partial charge on any atom is -0.0279 e. The molecule has 0 amide bonds. The molecular weight excluding hydrogens is 192 g/mol. The van der Waals surface area contributed by atoms with Gasteiger partial charge in [-0.25, -0.2) is 0 Å². The first-order valence-electron chi connectivity index (χ1n) is 7.35. The minimum Gasteiger partial charge on any atom is -0.0807 e. The van der Waals surface area contributed by atoms with E-state index in [-0.39, 0.29) is 0 Å². The number of rotatable bonds is 0. The molecule has 0 unspecified atom stereocenters. The van der Waals surface area contributed by atoms with Crippen molar-refractivity contribution in [3.63, 3.8) is 0 Å². The van der Waals surface area contributed by atoms with E-state index in [1.165, 1.54) is 38.5 Å². The van der Waals surface area contributed by atoms with Gasteiger partial charge in [-0.05, 0) is 49.7 Å². The van der Waals surface area contributed by atoms with Gasteiger partial charge in [-0.15, -0.1) is 0 Å². The third kappa shape index (κ3) is 6.87. The van der Waals surface area contributed by atoms with Crippen molar-refractivity contribution in [2.24, 2.45) is 0 Å². The predicted molar refractivity (Wildman–Crippen MR) is 77.9 cm³/mol. The lowest BCUT2D eigenvalue weighted by Crippen LogP contribution is -2.01. The highest BCUT2D eigenvalue weighted by Crippen LogP contribution is 2.31. The molecule has 0 heteroatoms. The molecule has 0 aliphatic heterocycles. The first-order chi connectivity index (χ1) is 7.97. The van der Waals surface area contributed by atoms with Gasteiger partial charge in [-0.2, -0.15) is 0 Å². The molecule has 2 aliphatic rings. The van der Waals surface area contributed by atoms with Crippen molar-refractivity contribution in [2.75, 3.05) is 0 Å². The molecule has 0 nitrogen and oxygen atoms in total. The Morgan fingerprint density at radius 3 is 1.25 bits per heavy atom. The van der Waals surface area contributed by atoms with Crippen molar-refractivity contribution in [1.29, 1.82) is 0 Å². The van der Waals surface area contributed by atoms with E-state index in [0.717, 1.165) is 0 Å².